The van der Waals surface area contributed by atoms with E-state index in [9.17, 15) is 26.4 Å². The Balaban J connectivity index is 1.56. The molecule has 14 heteroatoms. The number of benzene rings is 1. The van der Waals surface area contributed by atoms with Crippen molar-refractivity contribution in [1.82, 2.24) is 24.3 Å². The molecule has 1 saturated heterocycles. The van der Waals surface area contributed by atoms with Crippen molar-refractivity contribution in [3.05, 3.63) is 52.0 Å². The number of hydrogen-bond acceptors (Lipinski definition) is 7. The van der Waals surface area contributed by atoms with Gasteiger partial charge < -0.3 is 5.32 Å². The van der Waals surface area contributed by atoms with Crippen molar-refractivity contribution in [3.8, 4) is 0 Å². The number of nitrogens with one attached hydrogen (secondary N) is 1. The summed E-state index contributed by atoms with van der Waals surface area (Å²) < 4.78 is 67.2. The lowest BCUT2D eigenvalue weighted by atomic mass is 10.2. The van der Waals surface area contributed by atoms with Crippen LogP contribution in [0, 0.1) is 12.7 Å². The first-order valence-corrected chi connectivity index (χ1v) is 11.7. The Hall–Kier alpha value is -2.84. The third-order valence-electron chi connectivity index (χ3n) is 4.98. The first kappa shape index (κ1) is 22.4. The Morgan fingerprint density at radius 3 is 2.78 bits per heavy atom. The van der Waals surface area contributed by atoms with Crippen LogP contribution in [-0.4, -0.2) is 45.2 Å². The standard InChI is InChI=1S/C18H17F3N6O3S2/c1-10-14(9-22-27(10)18(20)21)32(29,30)26-7-3-6-13(26)16-24-25-17(31-16)15(28)23-12-5-2-4-11(19)8-12/h2,4-5,8-9,13,18H,3,6-7H2,1H3,(H,23,28). The molecule has 1 atom stereocenters. The Kier molecular flexibility index (Phi) is 6.01. The largest absolute Gasteiger partial charge is 0.333 e. The minimum atomic E-state index is -4.13. The molecule has 1 fully saturated rings. The van der Waals surface area contributed by atoms with Gasteiger partial charge in [-0.15, -0.1) is 10.2 Å². The number of sulfonamides is 1. The van der Waals surface area contributed by atoms with Gasteiger partial charge in [-0.1, -0.05) is 17.4 Å². The van der Waals surface area contributed by atoms with Crippen LogP contribution in [0.2, 0.25) is 0 Å². The molecule has 4 rings (SSSR count). The number of amides is 1. The summed E-state index contributed by atoms with van der Waals surface area (Å²) in [5, 5.41) is 14.1. The molecular formula is C18H17F3N6O3S2. The highest BCUT2D eigenvalue weighted by Gasteiger charge is 2.40. The summed E-state index contributed by atoms with van der Waals surface area (Å²) in [6.07, 6.45) is 1.86. The first-order valence-electron chi connectivity index (χ1n) is 9.43. The van der Waals surface area contributed by atoms with E-state index in [-0.39, 0.29) is 27.8 Å². The number of rotatable bonds is 6. The summed E-state index contributed by atoms with van der Waals surface area (Å²) in [4.78, 5) is 12.1. The molecule has 0 bridgehead atoms. The normalized spacial score (nSPS) is 17.2. The van der Waals surface area contributed by atoms with Crippen LogP contribution in [0.5, 0.6) is 0 Å². The number of anilines is 1. The topological polar surface area (TPSA) is 110 Å². The lowest BCUT2D eigenvalue weighted by Crippen LogP contribution is -2.31. The molecule has 1 aromatic carbocycles. The van der Waals surface area contributed by atoms with E-state index >= 15 is 0 Å². The fourth-order valence-electron chi connectivity index (χ4n) is 3.47. The SMILES string of the molecule is Cc1c(S(=O)(=O)N2CCCC2c2nnc(C(=O)Nc3cccc(F)c3)s2)cnn1C(F)F. The number of carbonyl (C=O) groups excluding carboxylic acids is 1. The summed E-state index contributed by atoms with van der Waals surface area (Å²) in [6, 6.07) is 4.64. The fourth-order valence-corrected chi connectivity index (χ4v) is 6.23. The van der Waals surface area contributed by atoms with Crippen molar-refractivity contribution in [2.45, 2.75) is 37.3 Å². The van der Waals surface area contributed by atoms with E-state index in [0.717, 1.165) is 23.6 Å². The minimum absolute atomic E-state index is 0.0183. The lowest BCUT2D eigenvalue weighted by Gasteiger charge is -2.21. The van der Waals surface area contributed by atoms with Crippen LogP contribution in [-0.2, 0) is 10.0 Å². The molecule has 170 valence electrons. The van der Waals surface area contributed by atoms with Crippen LogP contribution in [0.3, 0.4) is 0 Å². The predicted octanol–water partition coefficient (Wildman–Crippen LogP) is 3.36. The zero-order valence-corrected chi connectivity index (χ0v) is 18.2. The second-order valence-corrected chi connectivity index (χ2v) is 9.87. The molecule has 1 aliphatic rings. The molecule has 1 N–H and O–H groups in total. The Bertz CT molecular complexity index is 1260. The summed E-state index contributed by atoms with van der Waals surface area (Å²) in [5.41, 5.74) is 0.0708. The van der Waals surface area contributed by atoms with E-state index in [1.807, 2.05) is 0 Å². The van der Waals surface area contributed by atoms with Crippen LogP contribution < -0.4 is 5.32 Å². The maximum Gasteiger partial charge on any atom is 0.333 e. The summed E-state index contributed by atoms with van der Waals surface area (Å²) >= 11 is 0.916. The van der Waals surface area contributed by atoms with Gasteiger partial charge in [-0.2, -0.15) is 18.2 Å². The minimum Gasteiger partial charge on any atom is -0.320 e. The van der Waals surface area contributed by atoms with Crippen molar-refractivity contribution < 1.29 is 26.4 Å². The van der Waals surface area contributed by atoms with Crippen LogP contribution in [0.15, 0.2) is 35.4 Å². The monoisotopic (exact) mass is 486 g/mol. The number of aromatic nitrogens is 4. The van der Waals surface area contributed by atoms with Gasteiger partial charge in [0.1, 0.15) is 15.7 Å². The maximum absolute atomic E-state index is 13.3. The molecule has 3 heterocycles. The molecule has 3 aromatic rings. The van der Waals surface area contributed by atoms with Crippen LogP contribution >= 0.6 is 11.3 Å². The quantitative estimate of drug-likeness (QED) is 0.572. The van der Waals surface area contributed by atoms with Crippen LogP contribution in [0.25, 0.3) is 0 Å². The third kappa shape index (κ3) is 4.12. The van der Waals surface area contributed by atoms with Crippen LogP contribution in [0.1, 0.15) is 45.9 Å². The van der Waals surface area contributed by atoms with Gasteiger partial charge >= 0.3 is 6.55 Å². The third-order valence-corrected chi connectivity index (χ3v) is 8.01. The lowest BCUT2D eigenvalue weighted by molar-refractivity contribution is 0.0541. The number of alkyl halides is 2. The average Bonchev–Trinajstić information content (AvgIpc) is 3.46. The fraction of sp³-hybridized carbons (Fsp3) is 0.333. The molecular weight excluding hydrogens is 469 g/mol. The Labute approximate surface area is 184 Å². The van der Waals surface area contributed by atoms with E-state index in [0.29, 0.717) is 22.5 Å². The summed E-state index contributed by atoms with van der Waals surface area (Å²) in [6.45, 7) is -1.54. The van der Waals surface area contributed by atoms with E-state index in [1.165, 1.54) is 29.4 Å². The summed E-state index contributed by atoms with van der Waals surface area (Å²) in [5.74, 6) is -1.13. The molecule has 0 spiro atoms. The average molecular weight is 487 g/mol. The van der Waals surface area contributed by atoms with Gasteiger partial charge in [0.25, 0.3) is 5.91 Å². The van der Waals surface area contributed by atoms with E-state index in [1.54, 1.807) is 0 Å². The molecule has 2 aromatic heterocycles. The van der Waals surface area contributed by atoms with Crippen LogP contribution in [0.4, 0.5) is 18.9 Å². The van der Waals surface area contributed by atoms with Crippen molar-refractivity contribution in [2.75, 3.05) is 11.9 Å². The van der Waals surface area contributed by atoms with Crippen molar-refractivity contribution in [1.29, 1.82) is 0 Å². The molecule has 0 radical (unpaired) electrons. The molecule has 0 saturated carbocycles. The number of carbonyl (C=O) groups is 1. The summed E-state index contributed by atoms with van der Waals surface area (Å²) in [7, 11) is -4.13. The van der Waals surface area contributed by atoms with Gasteiger partial charge in [0, 0.05) is 12.2 Å². The molecule has 9 nitrogen and oxygen atoms in total. The second-order valence-electron chi connectivity index (χ2n) is 7.00. The second kappa shape index (κ2) is 8.60. The zero-order valence-electron chi connectivity index (χ0n) is 16.6. The molecule has 32 heavy (non-hydrogen) atoms. The molecule has 1 unspecified atom stereocenters. The predicted molar refractivity (Wildman–Crippen MR) is 108 cm³/mol. The van der Waals surface area contributed by atoms with Crippen molar-refractivity contribution >= 4 is 33.0 Å². The van der Waals surface area contributed by atoms with Gasteiger partial charge in [-0.3, -0.25) is 4.79 Å². The van der Waals surface area contributed by atoms with Gasteiger partial charge in [-0.05, 0) is 38.0 Å². The van der Waals surface area contributed by atoms with E-state index in [2.05, 4.69) is 20.6 Å². The zero-order chi connectivity index (χ0) is 23.0. The molecule has 1 aliphatic heterocycles. The smallest absolute Gasteiger partial charge is 0.320 e. The van der Waals surface area contributed by atoms with Gasteiger partial charge in [0.2, 0.25) is 15.0 Å². The van der Waals surface area contributed by atoms with Crippen molar-refractivity contribution in [3.63, 3.8) is 0 Å². The van der Waals surface area contributed by atoms with Gasteiger partial charge in [0.15, 0.2) is 0 Å². The highest BCUT2D eigenvalue weighted by Crippen LogP contribution is 2.38. The number of halogens is 3. The first-order chi connectivity index (χ1) is 15.2. The highest BCUT2D eigenvalue weighted by atomic mass is 32.2. The molecule has 1 amide bonds. The van der Waals surface area contributed by atoms with E-state index < -0.39 is 34.3 Å². The van der Waals surface area contributed by atoms with Gasteiger partial charge in [-0.25, -0.2) is 17.5 Å². The molecule has 0 aliphatic carbocycles. The van der Waals surface area contributed by atoms with Gasteiger partial charge in [0.05, 0.1) is 17.9 Å². The Morgan fingerprint density at radius 2 is 2.09 bits per heavy atom. The van der Waals surface area contributed by atoms with Crippen molar-refractivity contribution in [2.24, 2.45) is 0 Å². The number of hydrogen-bond donors (Lipinski definition) is 1. The number of nitrogens with zero attached hydrogens (tertiary/aromatic N) is 5. The Morgan fingerprint density at radius 1 is 1.31 bits per heavy atom. The van der Waals surface area contributed by atoms with E-state index in [4.69, 9.17) is 0 Å². The maximum atomic E-state index is 13.3. The highest BCUT2D eigenvalue weighted by molar-refractivity contribution is 7.89.